The monoisotopic (exact) mass is 1020 g/mol. The van der Waals surface area contributed by atoms with Gasteiger partial charge in [0, 0.05) is 26.2 Å². The number of amides is 10. The molecule has 0 aliphatic rings. The molecular formula is C38H56N10O23. The molecule has 0 heterocycles. The second kappa shape index (κ2) is 30.8. The summed E-state index contributed by atoms with van der Waals surface area (Å²) in [7, 11) is 0. The summed E-state index contributed by atoms with van der Waals surface area (Å²) < 4.78 is 0. The Bertz CT molecular complexity index is 2070. The highest BCUT2D eigenvalue weighted by Crippen LogP contribution is 2.08. The van der Waals surface area contributed by atoms with Crippen LogP contribution in [0, 0.1) is 0 Å². The molecule has 0 saturated heterocycles. The molecule has 0 aromatic carbocycles. The molecule has 0 spiro atoms. The van der Waals surface area contributed by atoms with Crippen LogP contribution in [0.1, 0.15) is 78.6 Å². The van der Waals surface area contributed by atoms with Crippen LogP contribution in [0.2, 0.25) is 0 Å². The Morgan fingerprint density at radius 2 is 0.648 bits per heavy atom. The fourth-order valence-corrected chi connectivity index (χ4v) is 5.64. The SMILES string of the molecule is CC(=O)N[C@H](CO)C(=O)N[C@H](CCC(=O)O)C(=O)N[C@H](CC(=O)O)C(=O)N[C@H](CC(N)=O)C(=O)N[C@H](C)C(=O)N[C@H](CC(=O)O)C(=O)N[C@H](CCC(=O)O)C(=O)N[C@H](CCC(=O)O)C(=O)N[C@H](C)C(=O)O. The van der Waals surface area contributed by atoms with Gasteiger partial charge in [0.25, 0.3) is 0 Å². The summed E-state index contributed by atoms with van der Waals surface area (Å²) in [5, 5.41) is 83.2. The number of hydrogen-bond donors (Lipinski definition) is 17. The normalized spacial score (nSPS) is 14.4. The van der Waals surface area contributed by atoms with Gasteiger partial charge in [0.05, 0.1) is 25.9 Å². The maximum absolute atomic E-state index is 13.4. The Morgan fingerprint density at radius 1 is 0.366 bits per heavy atom. The van der Waals surface area contributed by atoms with Gasteiger partial charge in [-0.15, -0.1) is 0 Å². The van der Waals surface area contributed by atoms with Gasteiger partial charge in [-0.3, -0.25) is 76.7 Å². The largest absolute Gasteiger partial charge is 0.481 e. The Labute approximate surface area is 400 Å². The van der Waals surface area contributed by atoms with E-state index in [-0.39, 0.29) is 0 Å². The molecule has 0 rings (SSSR count). The average Bonchev–Trinajstić information content (AvgIpc) is 3.24. The van der Waals surface area contributed by atoms with Crippen molar-refractivity contribution in [2.45, 2.75) is 133 Å². The van der Waals surface area contributed by atoms with Crippen molar-refractivity contribution in [3.05, 3.63) is 0 Å². The molecule has 9 atom stereocenters. The summed E-state index contributed by atoms with van der Waals surface area (Å²) in [5.74, 6) is -22.5. The average molecular weight is 1020 g/mol. The molecule has 18 N–H and O–H groups in total. The third kappa shape index (κ3) is 25.4. The van der Waals surface area contributed by atoms with Crippen LogP contribution in [-0.2, 0) is 76.7 Å². The van der Waals surface area contributed by atoms with Crippen LogP contribution in [0.5, 0.6) is 0 Å². The van der Waals surface area contributed by atoms with Crippen LogP contribution >= 0.6 is 0 Å². The van der Waals surface area contributed by atoms with Gasteiger partial charge in [0.15, 0.2) is 0 Å². The second-order valence-electron chi connectivity index (χ2n) is 15.3. The van der Waals surface area contributed by atoms with E-state index in [2.05, 4.69) is 16.0 Å². The highest BCUT2D eigenvalue weighted by molar-refractivity contribution is 6.00. The first-order chi connectivity index (χ1) is 32.9. The first kappa shape index (κ1) is 62.5. The first-order valence-corrected chi connectivity index (χ1v) is 20.8. The Hall–Kier alpha value is -8.52. The number of hydrogen-bond acceptors (Lipinski definition) is 17. The van der Waals surface area contributed by atoms with Crippen molar-refractivity contribution in [2.24, 2.45) is 5.73 Å². The minimum atomic E-state index is -2.16. The molecule has 0 fully saturated rings. The molecule has 0 radical (unpaired) electrons. The topological polar surface area (TPSA) is 549 Å². The number of aliphatic hydroxyl groups is 1. The van der Waals surface area contributed by atoms with E-state index >= 15 is 0 Å². The number of aliphatic carboxylic acids is 6. The van der Waals surface area contributed by atoms with E-state index in [1.165, 1.54) is 0 Å². The summed E-state index contributed by atoms with van der Waals surface area (Å²) in [6.45, 7) is 1.94. The molecular weight excluding hydrogens is 964 g/mol. The van der Waals surface area contributed by atoms with Gasteiger partial charge in [-0.2, -0.15) is 0 Å². The third-order valence-electron chi connectivity index (χ3n) is 9.26. The van der Waals surface area contributed by atoms with Gasteiger partial charge in [-0.25, -0.2) is 0 Å². The molecule has 33 nitrogen and oxygen atoms in total. The van der Waals surface area contributed by atoms with Crippen LogP contribution in [0.3, 0.4) is 0 Å². The smallest absolute Gasteiger partial charge is 0.325 e. The highest BCUT2D eigenvalue weighted by atomic mass is 16.4. The minimum Gasteiger partial charge on any atom is -0.481 e. The van der Waals surface area contributed by atoms with E-state index < -0.39 is 214 Å². The number of carboxylic acid groups (broad SMARTS) is 6. The van der Waals surface area contributed by atoms with Gasteiger partial charge in [0.1, 0.15) is 54.4 Å². The fourth-order valence-electron chi connectivity index (χ4n) is 5.64. The zero-order valence-corrected chi connectivity index (χ0v) is 38.0. The predicted molar refractivity (Wildman–Crippen MR) is 228 cm³/mol. The Kier molecular flexibility index (Phi) is 27.1. The molecule has 0 bridgehead atoms. The first-order valence-electron chi connectivity index (χ1n) is 20.8. The van der Waals surface area contributed by atoms with E-state index in [9.17, 15) is 97.1 Å². The molecule has 33 heteroatoms. The van der Waals surface area contributed by atoms with Crippen molar-refractivity contribution in [3.63, 3.8) is 0 Å². The molecule has 0 aromatic heterocycles. The lowest BCUT2D eigenvalue weighted by Crippen LogP contribution is -2.60. The third-order valence-corrected chi connectivity index (χ3v) is 9.26. The lowest BCUT2D eigenvalue weighted by atomic mass is 10.1. The van der Waals surface area contributed by atoms with Gasteiger partial charge >= 0.3 is 35.8 Å². The zero-order valence-electron chi connectivity index (χ0n) is 38.0. The maximum atomic E-state index is 13.4. The molecule has 0 saturated carbocycles. The van der Waals surface area contributed by atoms with Crippen molar-refractivity contribution in [2.75, 3.05) is 6.61 Å². The van der Waals surface area contributed by atoms with Crippen molar-refractivity contribution >= 4 is 94.9 Å². The maximum Gasteiger partial charge on any atom is 0.325 e. The van der Waals surface area contributed by atoms with E-state index in [0.29, 0.717) is 0 Å². The van der Waals surface area contributed by atoms with E-state index in [1.54, 1.807) is 0 Å². The van der Waals surface area contributed by atoms with E-state index in [1.807, 2.05) is 31.9 Å². The van der Waals surface area contributed by atoms with E-state index in [0.717, 1.165) is 20.8 Å². The molecule has 0 aliphatic carbocycles. The Balaban J connectivity index is 6.46. The van der Waals surface area contributed by atoms with Gasteiger partial charge in [-0.1, -0.05) is 0 Å². The minimum absolute atomic E-state index is 0.642. The Morgan fingerprint density at radius 3 is 0.958 bits per heavy atom. The number of rotatable bonds is 34. The lowest BCUT2D eigenvalue weighted by molar-refractivity contribution is -0.143. The van der Waals surface area contributed by atoms with Crippen molar-refractivity contribution in [1.82, 2.24) is 47.9 Å². The van der Waals surface area contributed by atoms with Crippen molar-refractivity contribution < 1.29 is 112 Å². The number of carboxylic acids is 6. The quantitative estimate of drug-likeness (QED) is 0.0285. The fraction of sp³-hybridized carbons (Fsp3) is 0.579. The number of aliphatic hydroxyl groups excluding tert-OH is 1. The van der Waals surface area contributed by atoms with E-state index in [4.69, 9.17) is 21.1 Å². The van der Waals surface area contributed by atoms with Gasteiger partial charge in [-0.05, 0) is 33.1 Å². The molecule has 10 amide bonds. The van der Waals surface area contributed by atoms with Crippen LogP contribution < -0.4 is 53.6 Å². The number of carbonyl (C=O) groups excluding carboxylic acids is 10. The van der Waals surface area contributed by atoms with Crippen LogP contribution in [-0.4, -0.2) is 192 Å². The standard InChI is InChI=1S/C38H56N10O23/c1-14(30(62)46-21(11-28(58)59)35(67)44-18(5-8-26(54)55)32(64)43-17(4-7-25(52)53)31(63)41-15(2)38(70)71)40-34(66)20(10-24(39)51)47-36(68)22(12-29(60)61)48-33(65)19(6-9-27(56)57)45-37(69)23(13-49)42-16(3)50/h14-15,17-23,49H,4-13H2,1-3H3,(H2,39,51)(H,40,66)(H,41,63)(H,42,50)(H,43,64)(H,44,67)(H,45,69)(H,46,62)(H,47,68)(H,48,65)(H,52,53)(H,54,55)(H,56,57)(H,58,59)(H,60,61)(H,70,71)/t14-,15-,17-,18-,19-,20-,21-,22-,23-/m1/s1. The number of nitrogens with two attached hydrogens (primary N) is 1. The number of nitrogens with one attached hydrogen (secondary N) is 9. The summed E-state index contributed by atoms with van der Waals surface area (Å²) >= 11 is 0. The summed E-state index contributed by atoms with van der Waals surface area (Å²) in [5.41, 5.74) is 5.22. The summed E-state index contributed by atoms with van der Waals surface area (Å²) in [6, 6.07) is -17.0. The highest BCUT2D eigenvalue weighted by Gasteiger charge is 2.36. The van der Waals surface area contributed by atoms with Crippen molar-refractivity contribution in [1.29, 1.82) is 0 Å². The van der Waals surface area contributed by atoms with Crippen LogP contribution in [0.4, 0.5) is 0 Å². The molecule has 71 heavy (non-hydrogen) atoms. The van der Waals surface area contributed by atoms with Crippen LogP contribution in [0.25, 0.3) is 0 Å². The second-order valence-corrected chi connectivity index (χ2v) is 15.3. The summed E-state index contributed by atoms with van der Waals surface area (Å²) in [4.78, 5) is 197. The molecule has 0 unspecified atom stereocenters. The van der Waals surface area contributed by atoms with Gasteiger partial charge < -0.3 is 89.3 Å². The number of carbonyl (C=O) groups is 16. The van der Waals surface area contributed by atoms with Crippen molar-refractivity contribution in [3.8, 4) is 0 Å². The lowest BCUT2D eigenvalue weighted by Gasteiger charge is -2.26. The molecule has 0 aliphatic heterocycles. The predicted octanol–water partition coefficient (Wildman–Crippen LogP) is -8.09. The zero-order chi connectivity index (χ0) is 54.9. The summed E-state index contributed by atoms with van der Waals surface area (Å²) in [6.07, 6.45) is -8.10. The van der Waals surface area contributed by atoms with Crippen LogP contribution in [0.15, 0.2) is 0 Å². The molecule has 0 aromatic rings. The molecule has 396 valence electrons. The van der Waals surface area contributed by atoms with Gasteiger partial charge in [0.2, 0.25) is 59.1 Å². The number of primary amides is 1.